The molecule has 4 heteroatoms. The number of nitrogens with one attached hydrogen (secondary N) is 1. The molecule has 0 aliphatic carbocycles. The molecule has 1 N–H and O–H groups in total. The van der Waals surface area contributed by atoms with Crippen molar-refractivity contribution < 1.29 is 4.74 Å². The van der Waals surface area contributed by atoms with Gasteiger partial charge in [0.15, 0.2) is 0 Å². The lowest BCUT2D eigenvalue weighted by Crippen LogP contribution is -2.12. The summed E-state index contributed by atoms with van der Waals surface area (Å²) in [6.45, 7) is 4.75. The highest BCUT2D eigenvalue weighted by atomic mass is 16.5. The van der Waals surface area contributed by atoms with Crippen molar-refractivity contribution >= 4 is 0 Å². The molecule has 1 aromatic rings. The van der Waals surface area contributed by atoms with Crippen molar-refractivity contribution in [3.8, 4) is 11.9 Å². The fraction of sp³-hybridized carbons (Fsp3) is 0.538. The molecule has 1 aliphatic heterocycles. The van der Waals surface area contributed by atoms with Gasteiger partial charge in [0.2, 0.25) is 5.88 Å². The molecule has 90 valence electrons. The van der Waals surface area contributed by atoms with Crippen LogP contribution in [0.25, 0.3) is 0 Å². The Morgan fingerprint density at radius 1 is 1.59 bits per heavy atom. The molecule has 1 aliphatic rings. The fourth-order valence-corrected chi connectivity index (χ4v) is 2.07. The van der Waals surface area contributed by atoms with Crippen molar-refractivity contribution in [1.29, 1.82) is 5.26 Å². The van der Waals surface area contributed by atoms with Gasteiger partial charge in [0.25, 0.3) is 0 Å². The first-order valence-corrected chi connectivity index (χ1v) is 6.00. The van der Waals surface area contributed by atoms with Crippen LogP contribution in [0.5, 0.6) is 5.88 Å². The molecule has 1 saturated heterocycles. The van der Waals surface area contributed by atoms with Crippen molar-refractivity contribution in [1.82, 2.24) is 10.3 Å². The number of aryl methyl sites for hydroxylation is 1. The molecular weight excluding hydrogens is 214 g/mol. The second kappa shape index (κ2) is 5.65. The SMILES string of the molecule is Cc1cc(C#N)cc(OCCC2CCNC2)n1. The standard InChI is InChI=1S/C13H17N3O/c1-10-6-12(8-14)7-13(16-10)17-5-3-11-2-4-15-9-11/h6-7,11,15H,2-5,9H2,1H3. The van der Waals surface area contributed by atoms with E-state index in [0.29, 0.717) is 18.1 Å². The van der Waals surface area contributed by atoms with Gasteiger partial charge in [-0.25, -0.2) is 4.98 Å². The van der Waals surface area contributed by atoms with Crippen LogP contribution in [0.4, 0.5) is 0 Å². The zero-order chi connectivity index (χ0) is 12.1. The van der Waals surface area contributed by atoms with Crippen LogP contribution in [0.15, 0.2) is 12.1 Å². The van der Waals surface area contributed by atoms with Crippen LogP contribution < -0.4 is 10.1 Å². The molecule has 1 aromatic heterocycles. The monoisotopic (exact) mass is 231 g/mol. The van der Waals surface area contributed by atoms with E-state index in [4.69, 9.17) is 10.00 Å². The van der Waals surface area contributed by atoms with E-state index in [0.717, 1.165) is 31.1 Å². The summed E-state index contributed by atoms with van der Waals surface area (Å²) < 4.78 is 5.60. The van der Waals surface area contributed by atoms with E-state index in [-0.39, 0.29) is 0 Å². The predicted octanol–water partition coefficient (Wildman–Crippen LogP) is 1.64. The number of aromatic nitrogens is 1. The largest absolute Gasteiger partial charge is 0.478 e. The Balaban J connectivity index is 1.85. The molecule has 1 fully saturated rings. The number of rotatable bonds is 4. The highest BCUT2D eigenvalue weighted by Gasteiger charge is 2.14. The third-order valence-corrected chi connectivity index (χ3v) is 3.00. The molecule has 4 nitrogen and oxygen atoms in total. The Morgan fingerprint density at radius 3 is 3.18 bits per heavy atom. The quantitative estimate of drug-likeness (QED) is 0.855. The molecule has 0 radical (unpaired) electrons. The molecule has 1 atom stereocenters. The van der Waals surface area contributed by atoms with E-state index in [2.05, 4.69) is 16.4 Å². The first kappa shape index (κ1) is 11.9. The Morgan fingerprint density at radius 2 is 2.47 bits per heavy atom. The smallest absolute Gasteiger partial charge is 0.214 e. The van der Waals surface area contributed by atoms with Crippen molar-refractivity contribution in [3.05, 3.63) is 23.4 Å². The van der Waals surface area contributed by atoms with Crippen molar-refractivity contribution in [2.75, 3.05) is 19.7 Å². The summed E-state index contributed by atoms with van der Waals surface area (Å²) in [5.41, 5.74) is 1.43. The number of hydrogen-bond acceptors (Lipinski definition) is 4. The predicted molar refractivity (Wildman–Crippen MR) is 64.8 cm³/mol. The summed E-state index contributed by atoms with van der Waals surface area (Å²) in [5.74, 6) is 1.28. The van der Waals surface area contributed by atoms with E-state index in [1.807, 2.05) is 6.92 Å². The van der Waals surface area contributed by atoms with Gasteiger partial charge in [0, 0.05) is 11.8 Å². The van der Waals surface area contributed by atoms with Gasteiger partial charge in [-0.2, -0.15) is 5.26 Å². The van der Waals surface area contributed by atoms with Crippen LogP contribution in [0.3, 0.4) is 0 Å². The van der Waals surface area contributed by atoms with Gasteiger partial charge in [0.05, 0.1) is 18.2 Å². The summed E-state index contributed by atoms with van der Waals surface area (Å²) in [4.78, 5) is 4.26. The number of pyridine rings is 1. The molecule has 17 heavy (non-hydrogen) atoms. The van der Waals surface area contributed by atoms with Crippen molar-refractivity contribution in [3.63, 3.8) is 0 Å². The van der Waals surface area contributed by atoms with Crippen LogP contribution in [0.1, 0.15) is 24.1 Å². The van der Waals surface area contributed by atoms with Crippen LogP contribution in [0, 0.1) is 24.2 Å². The minimum atomic E-state index is 0.563. The maximum atomic E-state index is 8.84. The molecule has 1 unspecified atom stereocenters. The summed E-state index contributed by atoms with van der Waals surface area (Å²) in [7, 11) is 0. The van der Waals surface area contributed by atoms with Crippen molar-refractivity contribution in [2.45, 2.75) is 19.8 Å². The Bertz CT molecular complexity index is 419. The van der Waals surface area contributed by atoms with Gasteiger partial charge < -0.3 is 10.1 Å². The van der Waals surface area contributed by atoms with Gasteiger partial charge in [-0.1, -0.05) is 0 Å². The maximum Gasteiger partial charge on any atom is 0.214 e. The number of nitrogens with zero attached hydrogens (tertiary/aromatic N) is 2. The topological polar surface area (TPSA) is 57.9 Å². The summed E-state index contributed by atoms with van der Waals surface area (Å²) in [5, 5.41) is 12.2. The Labute approximate surface area is 102 Å². The van der Waals surface area contributed by atoms with Crippen molar-refractivity contribution in [2.24, 2.45) is 5.92 Å². The lowest BCUT2D eigenvalue weighted by Gasteiger charge is -2.09. The van der Waals surface area contributed by atoms with Gasteiger partial charge in [-0.05, 0) is 44.8 Å². The van der Waals surface area contributed by atoms with E-state index in [1.54, 1.807) is 12.1 Å². The summed E-state index contributed by atoms with van der Waals surface area (Å²) in [6.07, 6.45) is 2.28. The van der Waals surface area contributed by atoms with Crippen LogP contribution >= 0.6 is 0 Å². The van der Waals surface area contributed by atoms with Crippen LogP contribution in [-0.4, -0.2) is 24.7 Å². The lowest BCUT2D eigenvalue weighted by atomic mass is 10.1. The zero-order valence-corrected chi connectivity index (χ0v) is 10.1. The molecule has 0 saturated carbocycles. The molecule has 2 heterocycles. The maximum absolute atomic E-state index is 8.84. The van der Waals surface area contributed by atoms with Gasteiger partial charge in [0.1, 0.15) is 0 Å². The third-order valence-electron chi connectivity index (χ3n) is 3.00. The first-order chi connectivity index (χ1) is 8.28. The molecule has 0 amide bonds. The third kappa shape index (κ3) is 3.43. The molecular formula is C13H17N3O. The first-order valence-electron chi connectivity index (χ1n) is 6.00. The normalized spacial score (nSPS) is 18.9. The average Bonchev–Trinajstić information content (AvgIpc) is 2.81. The van der Waals surface area contributed by atoms with Crippen LogP contribution in [-0.2, 0) is 0 Å². The van der Waals surface area contributed by atoms with E-state index >= 15 is 0 Å². The summed E-state index contributed by atoms with van der Waals surface area (Å²) >= 11 is 0. The Kier molecular flexibility index (Phi) is 3.94. The second-order valence-electron chi connectivity index (χ2n) is 4.44. The highest BCUT2D eigenvalue weighted by molar-refractivity contribution is 5.34. The van der Waals surface area contributed by atoms with Gasteiger partial charge >= 0.3 is 0 Å². The minimum absolute atomic E-state index is 0.563. The highest BCUT2D eigenvalue weighted by Crippen LogP contribution is 2.15. The molecule has 2 rings (SSSR count). The zero-order valence-electron chi connectivity index (χ0n) is 10.1. The lowest BCUT2D eigenvalue weighted by molar-refractivity contribution is 0.273. The fourth-order valence-electron chi connectivity index (χ4n) is 2.07. The summed E-state index contributed by atoms with van der Waals surface area (Å²) in [6, 6.07) is 5.56. The van der Waals surface area contributed by atoms with E-state index in [1.165, 1.54) is 6.42 Å². The van der Waals surface area contributed by atoms with E-state index < -0.39 is 0 Å². The number of ether oxygens (including phenoxy) is 1. The molecule has 0 spiro atoms. The second-order valence-corrected chi connectivity index (χ2v) is 4.44. The van der Waals surface area contributed by atoms with Gasteiger partial charge in [-0.3, -0.25) is 0 Å². The molecule has 0 bridgehead atoms. The number of hydrogen-bond donors (Lipinski definition) is 1. The average molecular weight is 231 g/mol. The van der Waals surface area contributed by atoms with E-state index in [9.17, 15) is 0 Å². The number of nitriles is 1. The molecule has 0 aromatic carbocycles. The van der Waals surface area contributed by atoms with Gasteiger partial charge in [-0.15, -0.1) is 0 Å². The minimum Gasteiger partial charge on any atom is -0.478 e. The Hall–Kier alpha value is -1.60. The van der Waals surface area contributed by atoms with Crippen LogP contribution in [0.2, 0.25) is 0 Å².